The highest BCUT2D eigenvalue weighted by molar-refractivity contribution is 5.89. The van der Waals surface area contributed by atoms with E-state index in [4.69, 9.17) is 0 Å². The van der Waals surface area contributed by atoms with Crippen LogP contribution in [0, 0.1) is 11.8 Å². The molecule has 2 aliphatic rings. The van der Waals surface area contributed by atoms with Crippen LogP contribution in [0.4, 0.5) is 4.79 Å². The SMILES string of the molecule is CC1CCCC2NC(=O)OC(=O)C12. The molecule has 0 aromatic carbocycles. The van der Waals surface area contributed by atoms with Crippen LogP contribution in [-0.4, -0.2) is 18.1 Å². The van der Waals surface area contributed by atoms with Crippen molar-refractivity contribution in [3.63, 3.8) is 0 Å². The van der Waals surface area contributed by atoms with Crippen molar-refractivity contribution in [1.29, 1.82) is 0 Å². The molecular formula is C9H13NO3. The van der Waals surface area contributed by atoms with Gasteiger partial charge in [-0.3, -0.25) is 4.79 Å². The molecule has 0 aromatic heterocycles. The smallest absolute Gasteiger partial charge is 0.376 e. The number of alkyl carbamates (subject to hydrolysis) is 1. The van der Waals surface area contributed by atoms with Crippen molar-refractivity contribution in [3.05, 3.63) is 0 Å². The van der Waals surface area contributed by atoms with Crippen LogP contribution in [0.3, 0.4) is 0 Å². The van der Waals surface area contributed by atoms with Gasteiger partial charge in [-0.15, -0.1) is 0 Å². The van der Waals surface area contributed by atoms with Crippen molar-refractivity contribution >= 4 is 12.1 Å². The number of rotatable bonds is 0. The van der Waals surface area contributed by atoms with Gasteiger partial charge in [-0.1, -0.05) is 13.3 Å². The zero-order valence-electron chi connectivity index (χ0n) is 7.58. The standard InChI is InChI=1S/C9H13NO3/c1-5-3-2-4-6-7(5)8(11)13-9(12)10-6/h5-7H,2-4H2,1H3,(H,10,12). The molecule has 72 valence electrons. The Hall–Kier alpha value is -1.06. The topological polar surface area (TPSA) is 55.4 Å². The summed E-state index contributed by atoms with van der Waals surface area (Å²) in [5.74, 6) is -0.140. The lowest BCUT2D eigenvalue weighted by Gasteiger charge is -2.37. The van der Waals surface area contributed by atoms with Gasteiger partial charge in [-0.05, 0) is 18.8 Å². The summed E-state index contributed by atoms with van der Waals surface area (Å²) in [7, 11) is 0. The molecule has 1 aliphatic heterocycles. The highest BCUT2D eigenvalue weighted by atomic mass is 16.6. The van der Waals surface area contributed by atoms with Gasteiger partial charge in [0.2, 0.25) is 0 Å². The van der Waals surface area contributed by atoms with Gasteiger partial charge in [0.1, 0.15) is 0 Å². The van der Waals surface area contributed by atoms with Crippen LogP contribution in [0.2, 0.25) is 0 Å². The molecule has 0 spiro atoms. The van der Waals surface area contributed by atoms with E-state index in [2.05, 4.69) is 10.1 Å². The van der Waals surface area contributed by atoms with Gasteiger partial charge in [-0.25, -0.2) is 4.79 Å². The van der Waals surface area contributed by atoms with Crippen molar-refractivity contribution < 1.29 is 14.3 Å². The van der Waals surface area contributed by atoms with Crippen LogP contribution >= 0.6 is 0 Å². The lowest BCUT2D eigenvalue weighted by molar-refractivity contribution is -0.149. The van der Waals surface area contributed by atoms with Gasteiger partial charge in [-0.2, -0.15) is 0 Å². The molecule has 0 radical (unpaired) electrons. The average molecular weight is 183 g/mol. The molecular weight excluding hydrogens is 170 g/mol. The van der Waals surface area contributed by atoms with Crippen LogP contribution in [0.5, 0.6) is 0 Å². The number of carbonyl (C=O) groups is 2. The van der Waals surface area contributed by atoms with Crippen molar-refractivity contribution in [3.8, 4) is 0 Å². The summed E-state index contributed by atoms with van der Waals surface area (Å²) in [5, 5.41) is 2.70. The summed E-state index contributed by atoms with van der Waals surface area (Å²) < 4.78 is 4.54. The molecule has 3 atom stereocenters. The predicted octanol–water partition coefficient (Wildman–Crippen LogP) is 1.06. The minimum absolute atomic E-state index is 0.0116. The molecule has 2 rings (SSSR count). The molecule has 1 aliphatic carbocycles. The van der Waals surface area contributed by atoms with E-state index < -0.39 is 6.09 Å². The minimum atomic E-state index is -0.583. The van der Waals surface area contributed by atoms with Crippen molar-refractivity contribution in [2.24, 2.45) is 11.8 Å². The number of esters is 1. The largest absolute Gasteiger partial charge is 0.415 e. The Morgan fingerprint density at radius 3 is 2.92 bits per heavy atom. The van der Waals surface area contributed by atoms with Gasteiger partial charge in [0.25, 0.3) is 0 Å². The maximum Gasteiger partial charge on any atom is 0.415 e. The van der Waals surface area contributed by atoms with Gasteiger partial charge >= 0.3 is 12.1 Å². The zero-order valence-corrected chi connectivity index (χ0v) is 7.58. The minimum Gasteiger partial charge on any atom is -0.376 e. The van der Waals surface area contributed by atoms with E-state index in [0.29, 0.717) is 5.92 Å². The first-order chi connectivity index (χ1) is 6.18. The van der Waals surface area contributed by atoms with Crippen LogP contribution < -0.4 is 5.32 Å². The van der Waals surface area contributed by atoms with Crippen molar-refractivity contribution in [1.82, 2.24) is 5.32 Å². The summed E-state index contributed by atoms with van der Waals surface area (Å²) in [5.41, 5.74) is 0. The molecule has 4 heteroatoms. The third kappa shape index (κ3) is 1.41. The third-order valence-corrected chi connectivity index (χ3v) is 2.99. The lowest BCUT2D eigenvalue weighted by atomic mass is 9.76. The highest BCUT2D eigenvalue weighted by Gasteiger charge is 2.42. The van der Waals surface area contributed by atoms with Crippen molar-refractivity contribution in [2.75, 3.05) is 0 Å². The van der Waals surface area contributed by atoms with E-state index in [9.17, 15) is 9.59 Å². The fourth-order valence-electron chi connectivity index (χ4n) is 2.31. The maximum absolute atomic E-state index is 11.4. The first kappa shape index (κ1) is 8.53. The molecule has 0 bridgehead atoms. The van der Waals surface area contributed by atoms with Gasteiger partial charge in [0.15, 0.2) is 0 Å². The molecule has 1 amide bonds. The second-order valence-corrected chi connectivity index (χ2v) is 3.89. The molecule has 0 aromatic rings. The number of ether oxygens (including phenoxy) is 1. The van der Waals surface area contributed by atoms with E-state index in [1.807, 2.05) is 6.92 Å². The first-order valence-electron chi connectivity index (χ1n) is 4.70. The molecule has 13 heavy (non-hydrogen) atoms. The predicted molar refractivity (Wildman–Crippen MR) is 44.9 cm³/mol. The fraction of sp³-hybridized carbons (Fsp3) is 0.778. The van der Waals surface area contributed by atoms with Crippen LogP contribution in [-0.2, 0) is 9.53 Å². The summed E-state index contributed by atoms with van der Waals surface area (Å²) in [6.07, 6.45) is 2.44. The number of cyclic esters (lactones) is 2. The number of fused-ring (bicyclic) bond motifs is 1. The number of carbonyl (C=O) groups excluding carboxylic acids is 2. The van der Waals surface area contributed by atoms with E-state index in [1.54, 1.807) is 0 Å². The van der Waals surface area contributed by atoms with Crippen LogP contribution in [0.25, 0.3) is 0 Å². The Bertz CT molecular complexity index is 251. The van der Waals surface area contributed by atoms with Crippen molar-refractivity contribution in [2.45, 2.75) is 32.2 Å². The maximum atomic E-state index is 11.4. The monoisotopic (exact) mass is 183 g/mol. The Labute approximate surface area is 76.6 Å². The average Bonchev–Trinajstić information content (AvgIpc) is 2.02. The number of hydrogen-bond donors (Lipinski definition) is 1. The Morgan fingerprint density at radius 1 is 1.38 bits per heavy atom. The molecule has 3 unspecified atom stereocenters. The zero-order chi connectivity index (χ0) is 9.42. The number of amides is 1. The molecule has 4 nitrogen and oxygen atoms in total. The Morgan fingerprint density at radius 2 is 2.15 bits per heavy atom. The molecule has 1 saturated heterocycles. The van der Waals surface area contributed by atoms with Gasteiger partial charge < -0.3 is 10.1 Å². The highest BCUT2D eigenvalue weighted by Crippen LogP contribution is 2.32. The quantitative estimate of drug-likeness (QED) is 0.451. The lowest BCUT2D eigenvalue weighted by Crippen LogP contribution is -2.54. The summed E-state index contributed by atoms with van der Waals surface area (Å²) >= 11 is 0. The normalized spacial score (nSPS) is 39.0. The Balaban J connectivity index is 2.17. The first-order valence-corrected chi connectivity index (χ1v) is 4.70. The van der Waals surface area contributed by atoms with E-state index >= 15 is 0 Å². The number of nitrogens with one attached hydrogen (secondary N) is 1. The van der Waals surface area contributed by atoms with Crippen LogP contribution in [0.1, 0.15) is 26.2 Å². The van der Waals surface area contributed by atoms with E-state index in [1.165, 1.54) is 0 Å². The van der Waals surface area contributed by atoms with E-state index in [-0.39, 0.29) is 17.9 Å². The van der Waals surface area contributed by atoms with Gasteiger partial charge in [0.05, 0.1) is 5.92 Å². The molecule has 2 fully saturated rings. The fourth-order valence-corrected chi connectivity index (χ4v) is 2.31. The second-order valence-electron chi connectivity index (χ2n) is 3.89. The summed E-state index contributed by atoms with van der Waals surface area (Å²) in [6.45, 7) is 2.04. The van der Waals surface area contributed by atoms with Crippen LogP contribution in [0.15, 0.2) is 0 Å². The number of hydrogen-bond acceptors (Lipinski definition) is 3. The molecule has 1 heterocycles. The van der Waals surface area contributed by atoms with E-state index in [0.717, 1.165) is 19.3 Å². The summed E-state index contributed by atoms with van der Waals surface area (Å²) in [4.78, 5) is 22.2. The second kappa shape index (κ2) is 3.01. The van der Waals surface area contributed by atoms with Gasteiger partial charge in [0, 0.05) is 6.04 Å². The Kier molecular flexibility index (Phi) is 1.98. The summed E-state index contributed by atoms with van der Waals surface area (Å²) in [6, 6.07) is 0.0116. The third-order valence-electron chi connectivity index (χ3n) is 2.99. The molecule has 1 saturated carbocycles. The molecule has 1 N–H and O–H groups in total.